The van der Waals surface area contributed by atoms with E-state index in [4.69, 9.17) is 13.9 Å². The molecule has 3 aromatic carbocycles. The number of amides is 1. The number of fused-ring (bicyclic) bond motifs is 2. The summed E-state index contributed by atoms with van der Waals surface area (Å²) < 4.78 is 46.3. The molecule has 1 N–H and O–H groups in total. The fraction of sp³-hybridized carbons (Fsp3) is 0.276. The summed E-state index contributed by atoms with van der Waals surface area (Å²) in [5, 5.41) is 3.37. The zero-order chi connectivity index (χ0) is 27.7. The van der Waals surface area contributed by atoms with Crippen LogP contribution in [0.1, 0.15) is 28.9 Å². The molecule has 0 fully saturated rings. The third-order valence-corrected chi connectivity index (χ3v) is 8.26. The molecule has 0 spiro atoms. The Morgan fingerprint density at radius 2 is 1.82 bits per heavy atom. The van der Waals surface area contributed by atoms with Gasteiger partial charge in [0.2, 0.25) is 0 Å². The lowest BCUT2D eigenvalue weighted by atomic mass is 10.0. The summed E-state index contributed by atoms with van der Waals surface area (Å²) in [4.78, 5) is 13.1. The van der Waals surface area contributed by atoms with Gasteiger partial charge in [-0.15, -0.1) is 0 Å². The minimum absolute atomic E-state index is 0.0952. The number of carbonyl (C=O) groups is 1. The van der Waals surface area contributed by atoms with Gasteiger partial charge in [-0.05, 0) is 67.8 Å². The van der Waals surface area contributed by atoms with Gasteiger partial charge in [0, 0.05) is 41.6 Å². The van der Waals surface area contributed by atoms with Crippen LogP contribution < -0.4 is 14.4 Å². The summed E-state index contributed by atoms with van der Waals surface area (Å²) in [5.41, 5.74) is 3.23. The largest absolute Gasteiger partial charge is 0.457 e. The van der Waals surface area contributed by atoms with E-state index in [2.05, 4.69) is 5.32 Å². The molecule has 0 saturated carbocycles. The van der Waals surface area contributed by atoms with Gasteiger partial charge in [-0.25, -0.2) is 8.60 Å². The maximum atomic E-state index is 13.2. The molecule has 1 aliphatic rings. The van der Waals surface area contributed by atoms with Gasteiger partial charge in [0.15, 0.2) is 0 Å². The zero-order valence-corrected chi connectivity index (χ0v) is 23.7. The number of halogens is 1. The lowest BCUT2D eigenvalue weighted by molar-refractivity contribution is 0.0203. The number of anilines is 1. The highest BCUT2D eigenvalue weighted by Gasteiger charge is 2.31. The number of furan rings is 1. The highest BCUT2D eigenvalue weighted by atomic mass is 32.2. The fourth-order valence-electron chi connectivity index (χ4n) is 4.77. The first-order valence-corrected chi connectivity index (χ1v) is 15.3. The summed E-state index contributed by atoms with van der Waals surface area (Å²) in [6.45, 7) is 2.46. The standard InChI is InChI=1S/C29H29FN2O5S2/c1-17-23-13-24-26(14-25(23)32(39(4)34)15-22(35-17)16-38-3)37-28(27(24)29(33)31-2)18-5-9-20(10-6-18)36-21-11-7-19(30)8-12-21/h5-14,17,22H,15-16H2,1-4H3,(H,31,33)/t17-,22?,39?/m1/s1. The molecule has 0 aliphatic carbocycles. The summed E-state index contributed by atoms with van der Waals surface area (Å²) in [6, 6.07) is 16.7. The van der Waals surface area contributed by atoms with Crippen LogP contribution in [0.3, 0.4) is 0 Å². The van der Waals surface area contributed by atoms with E-state index in [1.165, 1.54) is 12.1 Å². The number of rotatable bonds is 7. The van der Waals surface area contributed by atoms with Crippen molar-refractivity contribution in [3.8, 4) is 22.8 Å². The van der Waals surface area contributed by atoms with Crippen molar-refractivity contribution in [2.75, 3.05) is 36.2 Å². The Kier molecular flexibility index (Phi) is 7.97. The number of hydrogen-bond acceptors (Lipinski definition) is 6. The number of ether oxygens (including phenoxy) is 2. The molecular weight excluding hydrogens is 539 g/mol. The van der Waals surface area contributed by atoms with E-state index in [1.54, 1.807) is 61.5 Å². The first-order valence-electron chi connectivity index (χ1n) is 12.4. The van der Waals surface area contributed by atoms with Crippen LogP contribution in [0.2, 0.25) is 0 Å². The number of nitrogens with one attached hydrogen (secondary N) is 1. The smallest absolute Gasteiger partial charge is 0.255 e. The SMILES string of the molecule is CNC(=O)c1c(-c2ccc(Oc3ccc(F)cc3)cc2)oc2cc3c(cc12)[C@@H](C)OC(CSC)CN3S(C)=O. The predicted molar refractivity (Wildman–Crippen MR) is 155 cm³/mol. The number of carbonyl (C=O) groups excluding carboxylic acids is 1. The van der Waals surface area contributed by atoms with Crippen LogP contribution in [0.5, 0.6) is 11.5 Å². The quantitative estimate of drug-likeness (QED) is 0.281. The summed E-state index contributed by atoms with van der Waals surface area (Å²) >= 11 is 1.68. The summed E-state index contributed by atoms with van der Waals surface area (Å²) in [6.07, 6.45) is 3.31. The second-order valence-corrected chi connectivity index (χ2v) is 11.4. The van der Waals surface area contributed by atoms with Gasteiger partial charge in [-0.3, -0.25) is 9.10 Å². The minimum atomic E-state index is -1.28. The van der Waals surface area contributed by atoms with E-state index in [1.807, 2.05) is 29.6 Å². The van der Waals surface area contributed by atoms with Crippen molar-refractivity contribution in [3.05, 3.63) is 77.6 Å². The Balaban J connectivity index is 1.58. The second-order valence-electron chi connectivity index (χ2n) is 9.21. The molecule has 5 rings (SSSR count). The lowest BCUT2D eigenvalue weighted by Gasteiger charge is -2.23. The molecule has 0 radical (unpaired) electrons. The fourth-order valence-corrected chi connectivity index (χ4v) is 6.13. The first kappa shape index (κ1) is 27.2. The summed E-state index contributed by atoms with van der Waals surface area (Å²) in [5.74, 6) is 1.63. The van der Waals surface area contributed by atoms with Gasteiger partial charge in [0.25, 0.3) is 5.91 Å². The molecule has 0 bridgehead atoms. The van der Waals surface area contributed by atoms with Crippen LogP contribution >= 0.6 is 11.8 Å². The molecule has 1 aliphatic heterocycles. The first-order chi connectivity index (χ1) is 18.8. The molecule has 2 heterocycles. The second kappa shape index (κ2) is 11.4. The maximum Gasteiger partial charge on any atom is 0.255 e. The molecule has 0 saturated heterocycles. The Bertz CT molecular complexity index is 1520. The van der Waals surface area contributed by atoms with Crippen LogP contribution in [-0.4, -0.2) is 48.1 Å². The van der Waals surface area contributed by atoms with Gasteiger partial charge in [0.1, 0.15) is 39.6 Å². The third kappa shape index (κ3) is 5.54. The van der Waals surface area contributed by atoms with Crippen molar-refractivity contribution in [3.63, 3.8) is 0 Å². The average molecular weight is 569 g/mol. The van der Waals surface area contributed by atoms with Crippen molar-refractivity contribution < 1.29 is 27.3 Å². The monoisotopic (exact) mass is 568 g/mol. The van der Waals surface area contributed by atoms with E-state index >= 15 is 0 Å². The lowest BCUT2D eigenvalue weighted by Crippen LogP contribution is -2.34. The minimum Gasteiger partial charge on any atom is -0.457 e. The van der Waals surface area contributed by atoms with Crippen molar-refractivity contribution in [1.82, 2.24) is 5.32 Å². The van der Waals surface area contributed by atoms with Gasteiger partial charge in [0.05, 0.1) is 30.0 Å². The van der Waals surface area contributed by atoms with Crippen LogP contribution in [-0.2, 0) is 15.7 Å². The van der Waals surface area contributed by atoms with Crippen molar-refractivity contribution in [2.45, 2.75) is 19.1 Å². The van der Waals surface area contributed by atoms with Gasteiger partial charge >= 0.3 is 0 Å². The molecule has 2 unspecified atom stereocenters. The third-order valence-electron chi connectivity index (χ3n) is 6.59. The molecule has 10 heteroatoms. The van der Waals surface area contributed by atoms with E-state index in [0.29, 0.717) is 45.9 Å². The number of hydrogen-bond donors (Lipinski definition) is 1. The highest BCUT2D eigenvalue weighted by molar-refractivity contribution is 7.98. The Morgan fingerprint density at radius 1 is 1.15 bits per heavy atom. The van der Waals surface area contributed by atoms with E-state index in [9.17, 15) is 13.4 Å². The number of nitrogens with zero attached hydrogens (tertiary/aromatic N) is 1. The van der Waals surface area contributed by atoms with E-state index < -0.39 is 11.0 Å². The maximum absolute atomic E-state index is 13.2. The van der Waals surface area contributed by atoms with E-state index in [-0.39, 0.29) is 23.9 Å². The summed E-state index contributed by atoms with van der Waals surface area (Å²) in [7, 11) is 0.294. The highest BCUT2D eigenvalue weighted by Crippen LogP contribution is 2.42. The molecule has 1 amide bonds. The van der Waals surface area contributed by atoms with Crippen LogP contribution in [0.25, 0.3) is 22.3 Å². The molecule has 204 valence electrons. The van der Waals surface area contributed by atoms with Gasteiger partial charge in [-0.1, -0.05) is 0 Å². The van der Waals surface area contributed by atoms with Crippen molar-refractivity contribution >= 4 is 45.3 Å². The molecular formula is C29H29FN2O5S2. The van der Waals surface area contributed by atoms with Gasteiger partial charge < -0.3 is 19.2 Å². The molecule has 1 aromatic heterocycles. The molecule has 3 atom stereocenters. The molecule has 7 nitrogen and oxygen atoms in total. The van der Waals surface area contributed by atoms with Crippen molar-refractivity contribution in [2.24, 2.45) is 0 Å². The van der Waals surface area contributed by atoms with Crippen LogP contribution in [0, 0.1) is 5.82 Å². The van der Waals surface area contributed by atoms with Gasteiger partial charge in [-0.2, -0.15) is 11.8 Å². The number of benzene rings is 3. The van der Waals surface area contributed by atoms with Crippen molar-refractivity contribution in [1.29, 1.82) is 0 Å². The van der Waals surface area contributed by atoms with E-state index in [0.717, 1.165) is 17.0 Å². The average Bonchev–Trinajstić information content (AvgIpc) is 3.24. The topological polar surface area (TPSA) is 81.0 Å². The predicted octanol–water partition coefficient (Wildman–Crippen LogP) is 6.31. The van der Waals surface area contributed by atoms with Crippen LogP contribution in [0.4, 0.5) is 10.1 Å². The zero-order valence-electron chi connectivity index (χ0n) is 22.0. The molecule has 39 heavy (non-hydrogen) atoms. The Hall–Kier alpha value is -3.34. The normalized spacial score (nSPS) is 17.9. The number of thioether (sulfide) groups is 1. The van der Waals surface area contributed by atoms with Crippen LogP contribution in [0.15, 0.2) is 65.1 Å². The Labute approximate surface area is 233 Å². The Morgan fingerprint density at radius 3 is 2.44 bits per heavy atom. The molecule has 4 aromatic rings.